The number of aromatic nitrogens is 2. The number of amides is 2. The second-order valence-corrected chi connectivity index (χ2v) is 11.1. The van der Waals surface area contributed by atoms with Crippen molar-refractivity contribution in [3.63, 3.8) is 0 Å². The second kappa shape index (κ2) is 9.68. The number of imidazole rings is 1. The van der Waals surface area contributed by atoms with Crippen LogP contribution in [0, 0.1) is 6.92 Å². The Balaban J connectivity index is 1.13. The molecule has 3 aliphatic heterocycles. The van der Waals surface area contributed by atoms with E-state index in [1.54, 1.807) is 6.07 Å². The Bertz CT molecular complexity index is 1690. The van der Waals surface area contributed by atoms with Crippen molar-refractivity contribution in [1.82, 2.24) is 19.8 Å². The molecular formula is C32H29F3N4O2. The minimum absolute atomic E-state index is 0.0402. The van der Waals surface area contributed by atoms with Crippen LogP contribution in [0.25, 0.3) is 27.7 Å². The smallest absolute Gasteiger partial charge is 0.416 e. The number of nitrogens with one attached hydrogen (secondary N) is 1. The fourth-order valence-corrected chi connectivity index (χ4v) is 6.45. The fraction of sp³-hybridized carbons (Fsp3) is 0.312. The normalized spacial score (nSPS) is 20.4. The van der Waals surface area contributed by atoms with E-state index in [1.807, 2.05) is 47.1 Å². The van der Waals surface area contributed by atoms with E-state index in [1.165, 1.54) is 12.1 Å². The largest absolute Gasteiger partial charge is 0.491 e. The van der Waals surface area contributed by atoms with Crippen LogP contribution in [0.3, 0.4) is 0 Å². The van der Waals surface area contributed by atoms with E-state index < -0.39 is 11.7 Å². The molecule has 2 atom stereocenters. The summed E-state index contributed by atoms with van der Waals surface area (Å²) in [6.45, 7) is 3.21. The topological polar surface area (TPSA) is 61.5 Å². The number of ether oxygens (including phenoxy) is 1. The van der Waals surface area contributed by atoms with Gasteiger partial charge in [-0.3, -0.25) is 0 Å². The number of hydrogen-bond acceptors (Lipinski definition) is 3. The first kappa shape index (κ1) is 25.7. The van der Waals surface area contributed by atoms with Gasteiger partial charge in [-0.15, -0.1) is 0 Å². The van der Waals surface area contributed by atoms with Crippen molar-refractivity contribution in [2.45, 2.75) is 51.0 Å². The van der Waals surface area contributed by atoms with Gasteiger partial charge in [-0.1, -0.05) is 30.3 Å². The van der Waals surface area contributed by atoms with Crippen molar-refractivity contribution < 1.29 is 22.7 Å². The molecule has 0 aliphatic carbocycles. The number of H-pyrrole nitrogens is 1. The zero-order chi connectivity index (χ0) is 28.3. The quantitative estimate of drug-likeness (QED) is 0.283. The van der Waals surface area contributed by atoms with Crippen LogP contribution in [0.2, 0.25) is 0 Å². The summed E-state index contributed by atoms with van der Waals surface area (Å²) in [5.74, 6) is 1.64. The summed E-state index contributed by atoms with van der Waals surface area (Å²) < 4.78 is 45.9. The maximum Gasteiger partial charge on any atom is 0.416 e. The standard InChI is InChI=1S/C32H29F3N4O2/c1-19-36-28-9-5-22(17-29(28)37-19)21-6-10-30-24(13-21)18-38(11-12-41-30)31(40)39-26-7-8-27(39)16-23(15-26)20-3-2-4-25(14-20)32(33,34)35/h2-6,9-10,13-15,17,26-27H,7-8,11-12,16,18H2,1H3,(H,36,37). The predicted octanol–water partition coefficient (Wildman–Crippen LogP) is 7.19. The Kier molecular flexibility index (Phi) is 6.06. The molecule has 3 aliphatic rings. The summed E-state index contributed by atoms with van der Waals surface area (Å²) in [4.78, 5) is 25.5. The van der Waals surface area contributed by atoms with Crippen LogP contribution >= 0.6 is 0 Å². The highest BCUT2D eigenvalue weighted by Crippen LogP contribution is 2.41. The van der Waals surface area contributed by atoms with Gasteiger partial charge in [0.1, 0.15) is 18.2 Å². The number of carbonyl (C=O) groups is 1. The Morgan fingerprint density at radius 1 is 1.02 bits per heavy atom. The number of rotatable bonds is 2. The molecule has 3 aromatic carbocycles. The van der Waals surface area contributed by atoms with Crippen LogP contribution in [0.5, 0.6) is 5.75 Å². The van der Waals surface area contributed by atoms with Gasteiger partial charge in [-0.25, -0.2) is 9.78 Å². The number of alkyl halides is 3. The fourth-order valence-electron chi connectivity index (χ4n) is 6.45. The first-order chi connectivity index (χ1) is 19.7. The molecule has 6 nitrogen and oxygen atoms in total. The van der Waals surface area contributed by atoms with Gasteiger partial charge in [0.25, 0.3) is 0 Å². The van der Waals surface area contributed by atoms with E-state index in [2.05, 4.69) is 22.1 Å². The number of nitrogens with zero attached hydrogens (tertiary/aromatic N) is 3. The lowest BCUT2D eigenvalue weighted by molar-refractivity contribution is -0.137. The van der Waals surface area contributed by atoms with Gasteiger partial charge in [-0.2, -0.15) is 13.2 Å². The molecule has 0 spiro atoms. The SMILES string of the molecule is Cc1nc2ccc(-c3ccc4c(c3)CN(C(=O)N3C5C=C(c6cccc(C(F)(F)F)c6)CC3CC5)CCO4)cc2[nH]1. The average molecular weight is 559 g/mol. The molecule has 2 unspecified atom stereocenters. The Hall–Kier alpha value is -4.27. The second-order valence-electron chi connectivity index (χ2n) is 11.1. The number of urea groups is 1. The number of benzene rings is 3. The molecular weight excluding hydrogens is 529 g/mol. The zero-order valence-corrected chi connectivity index (χ0v) is 22.5. The summed E-state index contributed by atoms with van der Waals surface area (Å²) in [5.41, 5.74) is 5.73. The van der Waals surface area contributed by atoms with E-state index in [0.717, 1.165) is 63.8 Å². The van der Waals surface area contributed by atoms with Crippen molar-refractivity contribution in [3.05, 3.63) is 89.3 Å². The maximum absolute atomic E-state index is 13.9. The number of aryl methyl sites for hydroxylation is 1. The summed E-state index contributed by atoms with van der Waals surface area (Å²) in [7, 11) is 0. The van der Waals surface area contributed by atoms with Crippen LogP contribution in [0.4, 0.5) is 18.0 Å². The van der Waals surface area contributed by atoms with Crippen molar-refractivity contribution in [2.75, 3.05) is 13.2 Å². The molecule has 210 valence electrons. The molecule has 4 heterocycles. The highest BCUT2D eigenvalue weighted by atomic mass is 19.4. The molecule has 1 N–H and O–H groups in total. The molecule has 7 rings (SSSR count). The van der Waals surface area contributed by atoms with E-state index in [9.17, 15) is 18.0 Å². The van der Waals surface area contributed by atoms with Crippen molar-refractivity contribution >= 4 is 22.6 Å². The minimum atomic E-state index is -4.39. The number of aromatic amines is 1. The van der Waals surface area contributed by atoms with Gasteiger partial charge in [-0.05, 0) is 84.8 Å². The summed E-state index contributed by atoms with van der Waals surface area (Å²) in [6.07, 6.45) is -0.216. The molecule has 4 aromatic rings. The molecule has 9 heteroatoms. The third kappa shape index (κ3) is 4.73. The molecule has 1 aromatic heterocycles. The Morgan fingerprint density at radius 2 is 1.85 bits per heavy atom. The van der Waals surface area contributed by atoms with Crippen LogP contribution in [0.1, 0.15) is 41.8 Å². The number of halogens is 3. The Morgan fingerprint density at radius 3 is 2.68 bits per heavy atom. The lowest BCUT2D eigenvalue weighted by Crippen LogP contribution is -2.50. The predicted molar refractivity (Wildman–Crippen MR) is 150 cm³/mol. The van der Waals surface area contributed by atoms with Gasteiger partial charge in [0.2, 0.25) is 0 Å². The van der Waals surface area contributed by atoms with Crippen molar-refractivity contribution in [3.8, 4) is 16.9 Å². The van der Waals surface area contributed by atoms with Gasteiger partial charge < -0.3 is 19.5 Å². The van der Waals surface area contributed by atoms with Crippen molar-refractivity contribution in [1.29, 1.82) is 0 Å². The zero-order valence-electron chi connectivity index (χ0n) is 22.5. The third-order valence-electron chi connectivity index (χ3n) is 8.42. The highest BCUT2D eigenvalue weighted by molar-refractivity contribution is 5.83. The van der Waals surface area contributed by atoms with Gasteiger partial charge in [0.05, 0.1) is 35.7 Å². The van der Waals surface area contributed by atoms with Crippen LogP contribution in [0.15, 0.2) is 66.7 Å². The lowest BCUT2D eigenvalue weighted by Gasteiger charge is -2.37. The molecule has 41 heavy (non-hydrogen) atoms. The maximum atomic E-state index is 13.9. The number of carbonyl (C=O) groups excluding carboxylic acids is 1. The summed E-state index contributed by atoms with van der Waals surface area (Å²) >= 11 is 0. The lowest BCUT2D eigenvalue weighted by atomic mass is 9.93. The number of hydrogen-bond donors (Lipinski definition) is 1. The molecule has 2 amide bonds. The minimum Gasteiger partial charge on any atom is -0.491 e. The van der Waals surface area contributed by atoms with E-state index >= 15 is 0 Å². The monoisotopic (exact) mass is 558 g/mol. The van der Waals surface area contributed by atoms with E-state index in [-0.39, 0.29) is 18.1 Å². The molecule has 0 saturated carbocycles. The average Bonchev–Trinajstić information content (AvgIpc) is 3.35. The van der Waals surface area contributed by atoms with E-state index in [4.69, 9.17) is 4.74 Å². The van der Waals surface area contributed by atoms with Gasteiger partial charge in [0, 0.05) is 11.6 Å². The van der Waals surface area contributed by atoms with Gasteiger partial charge in [0.15, 0.2) is 0 Å². The molecule has 1 fully saturated rings. The van der Waals surface area contributed by atoms with Crippen LogP contribution in [-0.4, -0.2) is 51.0 Å². The third-order valence-corrected chi connectivity index (χ3v) is 8.42. The summed E-state index contributed by atoms with van der Waals surface area (Å²) in [6, 6.07) is 17.5. The highest BCUT2D eigenvalue weighted by Gasteiger charge is 2.42. The van der Waals surface area contributed by atoms with Crippen LogP contribution in [-0.2, 0) is 12.7 Å². The molecule has 2 bridgehead atoms. The molecule has 1 saturated heterocycles. The van der Waals surface area contributed by atoms with Crippen molar-refractivity contribution in [2.24, 2.45) is 0 Å². The van der Waals surface area contributed by atoms with Crippen LogP contribution < -0.4 is 4.74 Å². The van der Waals surface area contributed by atoms with E-state index in [0.29, 0.717) is 31.7 Å². The number of fused-ring (bicyclic) bond motifs is 4. The summed E-state index contributed by atoms with van der Waals surface area (Å²) in [5, 5.41) is 0. The first-order valence-corrected chi connectivity index (χ1v) is 13.9. The first-order valence-electron chi connectivity index (χ1n) is 13.9. The molecule has 0 radical (unpaired) electrons. The van der Waals surface area contributed by atoms with Gasteiger partial charge >= 0.3 is 12.2 Å². The Labute approximate surface area is 235 Å².